The highest BCUT2D eigenvalue weighted by atomic mass is 35.5. The molecule has 2 rings (SSSR count). The highest BCUT2D eigenvalue weighted by molar-refractivity contribution is 6.20. The summed E-state index contributed by atoms with van der Waals surface area (Å²) in [7, 11) is 0. The molecule has 1 unspecified atom stereocenters. The summed E-state index contributed by atoms with van der Waals surface area (Å²) in [6, 6.07) is 10.2. The monoisotopic (exact) mass is 235 g/mol. The molecule has 0 aliphatic heterocycles. The van der Waals surface area contributed by atoms with E-state index in [9.17, 15) is 4.39 Å². The summed E-state index contributed by atoms with van der Waals surface area (Å²) in [5.41, 5.74) is 1.90. The molecule has 0 fully saturated rings. The number of pyridine rings is 1. The Morgan fingerprint density at radius 3 is 2.62 bits per heavy atom. The molecule has 0 N–H and O–H groups in total. The normalized spacial score (nSPS) is 12.4. The lowest BCUT2D eigenvalue weighted by Gasteiger charge is -2.09. The quantitative estimate of drug-likeness (QED) is 0.739. The van der Waals surface area contributed by atoms with Crippen molar-refractivity contribution in [3.63, 3.8) is 0 Å². The average Bonchev–Trinajstić information content (AvgIpc) is 2.30. The van der Waals surface area contributed by atoms with Crippen LogP contribution in [0.25, 0.3) is 0 Å². The van der Waals surface area contributed by atoms with Gasteiger partial charge < -0.3 is 0 Å². The minimum absolute atomic E-state index is 0.210. The fraction of sp³-hybridized carbons (Fsp3) is 0.154. The molecule has 3 heteroatoms. The van der Waals surface area contributed by atoms with Crippen molar-refractivity contribution in [1.82, 2.24) is 4.98 Å². The van der Waals surface area contributed by atoms with E-state index in [0.717, 1.165) is 11.1 Å². The summed E-state index contributed by atoms with van der Waals surface area (Å²) in [4.78, 5) is 3.94. The molecule has 1 nitrogen and oxygen atoms in total. The molecule has 16 heavy (non-hydrogen) atoms. The van der Waals surface area contributed by atoms with Gasteiger partial charge in [-0.1, -0.05) is 12.1 Å². The molecule has 0 radical (unpaired) electrons. The third-order valence-corrected chi connectivity index (χ3v) is 2.78. The summed E-state index contributed by atoms with van der Waals surface area (Å²) in [6.07, 6.45) is 4.13. The largest absolute Gasteiger partial charge is 0.265 e. The lowest BCUT2D eigenvalue weighted by molar-refractivity contribution is 0.624. The van der Waals surface area contributed by atoms with Gasteiger partial charge in [0.1, 0.15) is 5.82 Å². The Morgan fingerprint density at radius 1 is 1.19 bits per heavy atom. The van der Waals surface area contributed by atoms with Gasteiger partial charge in [-0.3, -0.25) is 4.98 Å². The van der Waals surface area contributed by atoms with Gasteiger partial charge in [-0.25, -0.2) is 4.39 Å². The fourth-order valence-corrected chi connectivity index (χ4v) is 1.86. The van der Waals surface area contributed by atoms with E-state index in [1.807, 2.05) is 18.2 Å². The molecule has 1 aromatic heterocycles. The van der Waals surface area contributed by atoms with Gasteiger partial charge in [0, 0.05) is 12.4 Å². The summed E-state index contributed by atoms with van der Waals surface area (Å²) in [5.74, 6) is -0.252. The van der Waals surface area contributed by atoms with Gasteiger partial charge in [0.05, 0.1) is 5.38 Å². The van der Waals surface area contributed by atoms with Crippen molar-refractivity contribution in [2.75, 3.05) is 0 Å². The zero-order chi connectivity index (χ0) is 11.4. The number of hydrogen-bond donors (Lipinski definition) is 0. The first-order valence-electron chi connectivity index (χ1n) is 5.04. The van der Waals surface area contributed by atoms with Crippen molar-refractivity contribution in [3.05, 3.63) is 65.7 Å². The van der Waals surface area contributed by atoms with E-state index < -0.39 is 0 Å². The van der Waals surface area contributed by atoms with Crippen LogP contribution in [0, 0.1) is 5.82 Å². The lowest BCUT2D eigenvalue weighted by Crippen LogP contribution is -1.96. The van der Waals surface area contributed by atoms with E-state index in [2.05, 4.69) is 4.98 Å². The van der Waals surface area contributed by atoms with Crippen LogP contribution >= 0.6 is 11.6 Å². The van der Waals surface area contributed by atoms with Gasteiger partial charge in [0.15, 0.2) is 0 Å². The fourth-order valence-electron chi connectivity index (χ4n) is 1.55. The molecule has 0 bridgehead atoms. The smallest absolute Gasteiger partial charge is 0.123 e. The maximum atomic E-state index is 13.0. The Labute approximate surface area is 98.9 Å². The molecule has 0 spiro atoms. The number of aromatic nitrogens is 1. The SMILES string of the molecule is Fc1cccc(C(Cl)Cc2ccncc2)c1. The Balaban J connectivity index is 2.12. The second-order valence-electron chi connectivity index (χ2n) is 3.58. The van der Waals surface area contributed by atoms with Gasteiger partial charge in [-0.15, -0.1) is 11.6 Å². The standard InChI is InChI=1S/C13H11ClFN/c14-13(8-10-4-6-16-7-5-10)11-2-1-3-12(15)9-11/h1-7,9,13H,8H2. The van der Waals surface area contributed by atoms with Gasteiger partial charge in [-0.2, -0.15) is 0 Å². The van der Waals surface area contributed by atoms with E-state index in [1.165, 1.54) is 12.1 Å². The Morgan fingerprint density at radius 2 is 1.94 bits per heavy atom. The maximum Gasteiger partial charge on any atom is 0.123 e. The molecule has 0 saturated carbocycles. The molecule has 1 heterocycles. The van der Waals surface area contributed by atoms with E-state index in [4.69, 9.17) is 11.6 Å². The van der Waals surface area contributed by atoms with Crippen LogP contribution in [0.1, 0.15) is 16.5 Å². The number of alkyl halides is 1. The Hall–Kier alpha value is -1.41. The van der Waals surface area contributed by atoms with Crippen LogP contribution in [0.2, 0.25) is 0 Å². The first kappa shape index (κ1) is 11.1. The van der Waals surface area contributed by atoms with Gasteiger partial charge in [0.25, 0.3) is 0 Å². The van der Waals surface area contributed by atoms with E-state index in [1.54, 1.807) is 18.5 Å². The molecule has 0 amide bonds. The van der Waals surface area contributed by atoms with Crippen LogP contribution in [0.15, 0.2) is 48.8 Å². The Bertz CT molecular complexity index is 458. The summed E-state index contributed by atoms with van der Waals surface area (Å²) in [6.45, 7) is 0. The minimum Gasteiger partial charge on any atom is -0.265 e. The first-order chi connectivity index (χ1) is 7.75. The van der Waals surface area contributed by atoms with Crippen LogP contribution in [0.3, 0.4) is 0 Å². The van der Waals surface area contributed by atoms with Crippen molar-refractivity contribution in [2.24, 2.45) is 0 Å². The predicted octanol–water partition coefficient (Wildman–Crippen LogP) is 3.74. The average molecular weight is 236 g/mol. The number of halogens is 2. The van der Waals surface area contributed by atoms with E-state index >= 15 is 0 Å². The molecule has 1 aromatic carbocycles. The summed E-state index contributed by atoms with van der Waals surface area (Å²) >= 11 is 6.23. The van der Waals surface area contributed by atoms with Crippen molar-refractivity contribution in [2.45, 2.75) is 11.8 Å². The van der Waals surface area contributed by atoms with Crippen LogP contribution in [0.5, 0.6) is 0 Å². The van der Waals surface area contributed by atoms with Crippen molar-refractivity contribution in [1.29, 1.82) is 0 Å². The predicted molar refractivity (Wildman–Crippen MR) is 62.9 cm³/mol. The van der Waals surface area contributed by atoms with Crippen molar-refractivity contribution in [3.8, 4) is 0 Å². The van der Waals surface area contributed by atoms with Gasteiger partial charge in [-0.05, 0) is 41.8 Å². The first-order valence-corrected chi connectivity index (χ1v) is 5.48. The number of nitrogens with zero attached hydrogens (tertiary/aromatic N) is 1. The third kappa shape index (κ3) is 2.80. The highest BCUT2D eigenvalue weighted by Crippen LogP contribution is 2.25. The Kier molecular flexibility index (Phi) is 3.52. The van der Waals surface area contributed by atoms with Crippen LogP contribution in [-0.2, 0) is 6.42 Å². The molecular formula is C13H11ClFN. The van der Waals surface area contributed by atoms with Crippen LogP contribution in [0.4, 0.5) is 4.39 Å². The molecule has 0 aliphatic rings. The molecule has 0 saturated heterocycles. The third-order valence-electron chi connectivity index (χ3n) is 2.37. The highest BCUT2D eigenvalue weighted by Gasteiger charge is 2.09. The molecular weight excluding hydrogens is 225 g/mol. The zero-order valence-corrected chi connectivity index (χ0v) is 9.36. The minimum atomic E-state index is -0.252. The topological polar surface area (TPSA) is 12.9 Å². The van der Waals surface area contributed by atoms with Gasteiger partial charge in [0.2, 0.25) is 0 Å². The molecule has 1 atom stereocenters. The summed E-state index contributed by atoms with van der Waals surface area (Å²) in [5, 5.41) is -0.210. The second-order valence-corrected chi connectivity index (χ2v) is 4.11. The molecule has 2 aromatic rings. The van der Waals surface area contributed by atoms with E-state index in [0.29, 0.717) is 6.42 Å². The van der Waals surface area contributed by atoms with E-state index in [-0.39, 0.29) is 11.2 Å². The number of rotatable bonds is 3. The maximum absolute atomic E-state index is 13.0. The van der Waals surface area contributed by atoms with Crippen LogP contribution < -0.4 is 0 Å². The van der Waals surface area contributed by atoms with Crippen molar-refractivity contribution >= 4 is 11.6 Å². The molecule has 0 aliphatic carbocycles. The molecule has 82 valence electrons. The van der Waals surface area contributed by atoms with Crippen LogP contribution in [-0.4, -0.2) is 4.98 Å². The number of benzene rings is 1. The summed E-state index contributed by atoms with van der Waals surface area (Å²) < 4.78 is 13.0. The number of hydrogen-bond acceptors (Lipinski definition) is 1. The van der Waals surface area contributed by atoms with Gasteiger partial charge >= 0.3 is 0 Å². The lowest BCUT2D eigenvalue weighted by atomic mass is 10.0. The van der Waals surface area contributed by atoms with Crippen molar-refractivity contribution < 1.29 is 4.39 Å². The zero-order valence-electron chi connectivity index (χ0n) is 8.61. The second kappa shape index (κ2) is 5.08.